The lowest BCUT2D eigenvalue weighted by Crippen LogP contribution is -3.00. The van der Waals surface area contributed by atoms with Gasteiger partial charge >= 0.3 is 0 Å². The van der Waals surface area contributed by atoms with Crippen LogP contribution in [0.5, 0.6) is 5.75 Å². The predicted octanol–water partition coefficient (Wildman–Crippen LogP) is 0.855. The molecule has 0 atom stereocenters. The lowest BCUT2D eigenvalue weighted by Gasteiger charge is -2.30. The summed E-state index contributed by atoms with van der Waals surface area (Å²) < 4.78 is 0. The molecular formula is C33H66Cl3NO2P2. The van der Waals surface area contributed by atoms with Crippen molar-refractivity contribution >= 4 is 14.5 Å². The minimum atomic E-state index is -1.23. The van der Waals surface area contributed by atoms with E-state index >= 15 is 0 Å². The molecule has 0 aliphatic rings. The molecule has 0 fully saturated rings. The fourth-order valence-electron chi connectivity index (χ4n) is 6.19. The fourth-order valence-corrected chi connectivity index (χ4v) is 16.4. The second kappa shape index (κ2) is 25.9. The van der Waals surface area contributed by atoms with Crippen molar-refractivity contribution in [3.63, 3.8) is 0 Å². The highest BCUT2D eigenvalue weighted by Gasteiger charge is 2.44. The summed E-state index contributed by atoms with van der Waals surface area (Å²) in [7, 11) is -2.40. The Morgan fingerprint density at radius 3 is 1.15 bits per heavy atom. The molecule has 0 radical (unpaired) electrons. The smallest absolute Gasteiger partial charge is 0.224 e. The largest absolute Gasteiger partial charge is 1.00 e. The number of aromatic hydroxyl groups is 1. The second-order valence-corrected chi connectivity index (χ2v) is 20.8. The molecule has 0 aliphatic carbocycles. The van der Waals surface area contributed by atoms with Crippen molar-refractivity contribution in [2.24, 2.45) is 0 Å². The number of rotatable bonds is 23. The van der Waals surface area contributed by atoms with Crippen molar-refractivity contribution in [3.05, 3.63) is 22.5 Å². The highest BCUT2D eigenvalue weighted by Crippen LogP contribution is 2.66. The van der Waals surface area contributed by atoms with Crippen LogP contribution >= 0.6 is 14.5 Å². The number of aliphatic hydroxyl groups is 1. The van der Waals surface area contributed by atoms with E-state index in [1.54, 1.807) is 0 Å². The maximum atomic E-state index is 11.2. The van der Waals surface area contributed by atoms with Gasteiger partial charge in [0.25, 0.3) is 0 Å². The summed E-state index contributed by atoms with van der Waals surface area (Å²) in [5.41, 5.74) is 4.38. The third-order valence-corrected chi connectivity index (χ3v) is 18.3. The first-order valence-corrected chi connectivity index (χ1v) is 21.4. The van der Waals surface area contributed by atoms with Gasteiger partial charge in [0, 0.05) is 27.0 Å². The maximum Gasteiger partial charge on any atom is 0.224 e. The number of halogens is 3. The summed E-state index contributed by atoms with van der Waals surface area (Å²) in [4.78, 5) is 3.78. The Morgan fingerprint density at radius 2 is 0.854 bits per heavy atom. The van der Waals surface area contributed by atoms with Gasteiger partial charge in [0.1, 0.15) is 6.16 Å². The monoisotopic (exact) mass is 675 g/mol. The third-order valence-electron chi connectivity index (χ3n) is 8.77. The molecule has 1 aromatic heterocycles. The highest BCUT2D eigenvalue weighted by molar-refractivity contribution is 7.75. The number of unbranched alkanes of at least 4 members (excludes halogenated alkanes) is 6. The summed E-state index contributed by atoms with van der Waals surface area (Å²) >= 11 is 0. The zero-order chi connectivity index (χ0) is 28.4. The van der Waals surface area contributed by atoms with Gasteiger partial charge in [-0.3, -0.25) is 0 Å². The number of hydrogen-bond acceptors (Lipinski definition) is 2. The van der Waals surface area contributed by atoms with E-state index in [9.17, 15) is 10.2 Å². The molecular weight excluding hydrogens is 611 g/mol. The molecule has 8 heteroatoms. The number of pyridine rings is 1. The molecule has 3 N–H and O–H groups in total. The Balaban J connectivity index is -0.00000481. The first kappa shape index (κ1) is 46.1. The molecule has 0 aromatic carbocycles. The Hall–Kier alpha value is 0.640. The van der Waals surface area contributed by atoms with Crippen LogP contribution in [0.15, 0.2) is 0 Å². The lowest BCUT2D eigenvalue weighted by molar-refractivity contribution is -0.399. The minimum absolute atomic E-state index is 0. The summed E-state index contributed by atoms with van der Waals surface area (Å²) in [6.45, 7) is 16.0. The molecule has 0 saturated heterocycles. The van der Waals surface area contributed by atoms with Gasteiger partial charge < -0.3 is 47.4 Å². The van der Waals surface area contributed by atoms with E-state index in [1.807, 2.05) is 6.92 Å². The lowest BCUT2D eigenvalue weighted by atomic mass is 10.1. The van der Waals surface area contributed by atoms with Gasteiger partial charge in [-0.05, 0) is 38.5 Å². The Labute approximate surface area is 275 Å². The standard InChI is InChI=1S/C33H64NO2P2.3ClH/c1-8-14-20-37(21-15-9-2,22-16-10-3)27-31-30(26-35)33(36)29(7)34-32(31)28-38(23-17-11-4,24-18-12-5)25-19-13-6;;;/h35H,8-28H2,1-7H3;3*1H/q+1;;;/p-1. The maximum absolute atomic E-state index is 11.2. The van der Waals surface area contributed by atoms with Crippen LogP contribution in [0.4, 0.5) is 0 Å². The van der Waals surface area contributed by atoms with Crippen LogP contribution in [-0.4, -0.2) is 47.2 Å². The summed E-state index contributed by atoms with van der Waals surface area (Å²) in [5.74, 6) is 0.311. The quantitative estimate of drug-likeness (QED) is 0.169. The average Bonchev–Trinajstić information content (AvgIpc) is 2.92. The molecule has 0 bridgehead atoms. The van der Waals surface area contributed by atoms with E-state index in [0.29, 0.717) is 5.75 Å². The van der Waals surface area contributed by atoms with Crippen LogP contribution in [0, 0.1) is 6.92 Å². The molecule has 0 amide bonds. The first-order valence-electron chi connectivity index (χ1n) is 16.4. The van der Waals surface area contributed by atoms with Gasteiger partial charge in [-0.1, -0.05) is 80.1 Å². The SMILES string of the molecule is CCCC[P+](CCCC)(CCCC)Cc1[nH+]c(C)c(O)c(CO)c1C[P+](CCCC)(CCCC)CCCC.[Cl-].[Cl-].[Cl-]. The normalized spacial score (nSPS) is 11.5. The van der Waals surface area contributed by atoms with Crippen molar-refractivity contribution in [1.82, 2.24) is 0 Å². The molecule has 1 aromatic rings. The number of nitrogens with one attached hydrogen (secondary N) is 1. The molecule has 246 valence electrons. The molecule has 1 rings (SSSR count). The predicted molar refractivity (Wildman–Crippen MR) is 175 cm³/mol. The van der Waals surface area contributed by atoms with Gasteiger partial charge in [-0.2, -0.15) is 0 Å². The molecule has 41 heavy (non-hydrogen) atoms. The second-order valence-electron chi connectivity index (χ2n) is 12.2. The van der Waals surface area contributed by atoms with Crippen molar-refractivity contribution in [2.75, 3.05) is 37.0 Å². The number of aromatic nitrogens is 1. The molecule has 3 nitrogen and oxygen atoms in total. The number of aromatic amines is 1. The summed E-state index contributed by atoms with van der Waals surface area (Å²) in [5, 5.41) is 21.8. The summed E-state index contributed by atoms with van der Waals surface area (Å²) in [6.07, 6.45) is 26.1. The van der Waals surface area contributed by atoms with E-state index < -0.39 is 14.5 Å². The molecule has 0 saturated carbocycles. The van der Waals surface area contributed by atoms with Crippen LogP contribution < -0.4 is 42.2 Å². The minimum Gasteiger partial charge on any atom is -1.00 e. The van der Waals surface area contributed by atoms with Gasteiger partial charge in [-0.15, -0.1) is 0 Å². The molecule has 0 aliphatic heterocycles. The summed E-state index contributed by atoms with van der Waals surface area (Å²) in [6, 6.07) is 0. The van der Waals surface area contributed by atoms with E-state index in [2.05, 4.69) is 46.5 Å². The third kappa shape index (κ3) is 15.5. The first-order chi connectivity index (χ1) is 18.3. The van der Waals surface area contributed by atoms with Gasteiger partial charge in [-0.25, -0.2) is 4.98 Å². The topological polar surface area (TPSA) is 54.6 Å². The Kier molecular flexibility index (Phi) is 29.1. The number of aryl methyl sites for hydroxylation is 1. The van der Waals surface area contributed by atoms with E-state index in [4.69, 9.17) is 0 Å². The zero-order valence-corrected chi connectivity index (χ0v) is 31.8. The van der Waals surface area contributed by atoms with Gasteiger partial charge in [0.05, 0.1) is 55.3 Å². The van der Waals surface area contributed by atoms with Crippen LogP contribution in [0.2, 0.25) is 0 Å². The fraction of sp³-hybridized carbons (Fsp3) is 0.848. The Morgan fingerprint density at radius 1 is 0.537 bits per heavy atom. The van der Waals surface area contributed by atoms with E-state index in [1.165, 1.54) is 131 Å². The number of hydrogen-bond donors (Lipinski definition) is 2. The molecule has 0 spiro atoms. The van der Waals surface area contributed by atoms with Crippen LogP contribution in [0.1, 0.15) is 141 Å². The number of H-pyrrole nitrogens is 1. The van der Waals surface area contributed by atoms with Crippen molar-refractivity contribution in [3.8, 4) is 5.75 Å². The van der Waals surface area contributed by atoms with Crippen LogP contribution in [0.25, 0.3) is 0 Å². The average molecular weight is 677 g/mol. The van der Waals surface area contributed by atoms with Crippen LogP contribution in [-0.2, 0) is 18.9 Å². The molecule has 1 heterocycles. The van der Waals surface area contributed by atoms with Crippen molar-refractivity contribution in [1.29, 1.82) is 0 Å². The highest BCUT2D eigenvalue weighted by atomic mass is 35.5. The van der Waals surface area contributed by atoms with Gasteiger partial charge in [0.15, 0.2) is 5.75 Å². The van der Waals surface area contributed by atoms with Crippen molar-refractivity contribution < 1.29 is 52.4 Å². The van der Waals surface area contributed by atoms with Crippen LogP contribution in [0.3, 0.4) is 0 Å². The van der Waals surface area contributed by atoms with Gasteiger partial charge in [0.2, 0.25) is 11.4 Å². The zero-order valence-electron chi connectivity index (χ0n) is 27.8. The van der Waals surface area contributed by atoms with E-state index in [-0.39, 0.29) is 43.8 Å². The van der Waals surface area contributed by atoms with E-state index in [0.717, 1.165) is 17.4 Å². The Bertz CT molecular complexity index is 740. The number of aliphatic hydroxyl groups excluding tert-OH is 1. The molecule has 0 unspecified atom stereocenters. The van der Waals surface area contributed by atoms with Crippen molar-refractivity contribution in [2.45, 2.75) is 144 Å².